The van der Waals surface area contributed by atoms with Gasteiger partial charge in [-0.15, -0.1) is 0 Å². The van der Waals surface area contributed by atoms with Gasteiger partial charge in [-0.05, 0) is 110 Å². The number of amides is 6. The number of rotatable bonds is 15. The first-order valence-electron chi connectivity index (χ1n) is 21.7. The first-order chi connectivity index (χ1) is 29.7. The molecular weight excluding hydrogens is 798 g/mol. The van der Waals surface area contributed by atoms with E-state index in [0.717, 1.165) is 42.5 Å². The van der Waals surface area contributed by atoms with E-state index >= 15 is 0 Å². The number of hydrogen-bond donors (Lipinski definition) is 6. The lowest BCUT2D eigenvalue weighted by Crippen LogP contribution is -2.59. The highest BCUT2D eigenvalue weighted by atomic mass is 19.1. The van der Waals surface area contributed by atoms with Crippen molar-refractivity contribution in [3.63, 3.8) is 0 Å². The third-order valence-corrected chi connectivity index (χ3v) is 13.7. The number of carboxylic acid groups (broad SMARTS) is 2. The average Bonchev–Trinajstić information content (AvgIpc) is 4.10. The zero-order valence-electron chi connectivity index (χ0n) is 34.8. The normalized spacial score (nSPS) is 22.6. The number of nitrogens with two attached hydrogens (primary N) is 2. The van der Waals surface area contributed by atoms with Gasteiger partial charge >= 0.3 is 12.2 Å². The smallest absolute Gasteiger partial charge is 0.405 e. The monoisotopic (exact) mass is 853 g/mol. The summed E-state index contributed by atoms with van der Waals surface area (Å²) >= 11 is 0. The van der Waals surface area contributed by atoms with Crippen LogP contribution in [-0.4, -0.2) is 81.0 Å². The van der Waals surface area contributed by atoms with Crippen molar-refractivity contribution in [2.75, 3.05) is 18.0 Å². The number of nitrogens with zero attached hydrogens (tertiary/aromatic N) is 3. The number of carbonyl (C=O) groups excluding carboxylic acids is 4. The Bertz CT molecular complexity index is 2010. The second kappa shape index (κ2) is 18.4. The van der Waals surface area contributed by atoms with Gasteiger partial charge in [0.15, 0.2) is 0 Å². The van der Waals surface area contributed by atoms with Gasteiger partial charge in [0.1, 0.15) is 29.0 Å². The molecule has 3 aromatic rings. The molecule has 330 valence electrons. The number of carbonyl (C=O) groups is 6. The molecule has 7 rings (SSSR count). The quantitative estimate of drug-likeness (QED) is 0.117. The first-order valence-corrected chi connectivity index (χ1v) is 21.7. The zero-order chi connectivity index (χ0) is 44.2. The predicted molar refractivity (Wildman–Crippen MR) is 227 cm³/mol. The van der Waals surface area contributed by atoms with E-state index in [1.807, 2.05) is 29.2 Å². The average molecular weight is 854 g/mol. The minimum atomic E-state index is -1.46. The summed E-state index contributed by atoms with van der Waals surface area (Å²) in [5.74, 6) is -3.04. The van der Waals surface area contributed by atoms with Crippen LogP contribution < -0.4 is 27.0 Å². The van der Waals surface area contributed by atoms with Gasteiger partial charge in [-0.2, -0.15) is 0 Å². The molecule has 4 fully saturated rings. The summed E-state index contributed by atoms with van der Waals surface area (Å²) in [7, 11) is 0. The Labute approximate surface area is 360 Å². The number of anilines is 1. The topological polar surface area (TPSA) is 229 Å². The van der Waals surface area contributed by atoms with Crippen molar-refractivity contribution < 1.29 is 43.4 Å². The van der Waals surface area contributed by atoms with Crippen LogP contribution in [0.15, 0.2) is 72.8 Å². The third-order valence-electron chi connectivity index (χ3n) is 13.7. The number of benzene rings is 3. The molecule has 4 atom stereocenters. The van der Waals surface area contributed by atoms with Crippen LogP contribution in [0.3, 0.4) is 0 Å². The van der Waals surface area contributed by atoms with Gasteiger partial charge in [-0.1, -0.05) is 74.2 Å². The SMILES string of the molecule is NC(=O)[C@@]1(c2ccc(CN(Cc3ccc([C@]4(C(N)=O)CCCN4C(=O)[C@@H](NC(=O)O)C4CCCC4)cc3)c3ccc(F)cc3)cc2)CCCN1C(=O)[C@@H](NC(=O)O)C1CCCC1. The van der Waals surface area contributed by atoms with Gasteiger partial charge in [-0.25, -0.2) is 14.0 Å². The molecule has 8 N–H and O–H groups in total. The van der Waals surface area contributed by atoms with Crippen LogP contribution in [-0.2, 0) is 43.3 Å². The minimum Gasteiger partial charge on any atom is -0.465 e. The lowest BCUT2D eigenvalue weighted by atomic mass is 9.84. The summed E-state index contributed by atoms with van der Waals surface area (Å²) in [4.78, 5) is 83.6. The highest BCUT2D eigenvalue weighted by molar-refractivity contribution is 5.96. The Kier molecular flexibility index (Phi) is 13.0. The lowest BCUT2D eigenvalue weighted by molar-refractivity contribution is -0.146. The second-order valence-corrected chi connectivity index (χ2v) is 17.3. The Morgan fingerprint density at radius 3 is 1.32 bits per heavy atom. The van der Waals surface area contributed by atoms with Crippen LogP contribution in [0, 0.1) is 17.7 Å². The fourth-order valence-corrected chi connectivity index (χ4v) is 10.7. The van der Waals surface area contributed by atoms with Crippen LogP contribution in [0.4, 0.5) is 19.7 Å². The Morgan fingerprint density at radius 1 is 0.613 bits per heavy atom. The fraction of sp³-hybridized carbons (Fsp3) is 0.478. The summed E-state index contributed by atoms with van der Waals surface area (Å²) < 4.78 is 14.2. The first kappa shape index (κ1) is 43.9. The van der Waals surface area contributed by atoms with Crippen molar-refractivity contribution >= 4 is 41.5 Å². The molecule has 0 radical (unpaired) electrons. The van der Waals surface area contributed by atoms with Crippen molar-refractivity contribution in [1.82, 2.24) is 20.4 Å². The van der Waals surface area contributed by atoms with Gasteiger partial charge in [0.05, 0.1) is 0 Å². The number of nitrogens with one attached hydrogen (secondary N) is 2. The Balaban J connectivity index is 1.13. The summed E-state index contributed by atoms with van der Waals surface area (Å²) in [5, 5.41) is 24.1. The summed E-state index contributed by atoms with van der Waals surface area (Å²) in [5.41, 5.74) is 12.8. The zero-order valence-corrected chi connectivity index (χ0v) is 34.8. The van der Waals surface area contributed by atoms with Crippen molar-refractivity contribution in [3.05, 3.63) is 101 Å². The molecule has 2 saturated carbocycles. The van der Waals surface area contributed by atoms with Crippen LogP contribution >= 0.6 is 0 Å². The molecule has 2 aliphatic heterocycles. The molecule has 2 aliphatic carbocycles. The maximum absolute atomic E-state index is 14.2. The van der Waals surface area contributed by atoms with Crippen LogP contribution in [0.5, 0.6) is 0 Å². The molecule has 4 aliphatic rings. The molecule has 2 saturated heterocycles. The van der Waals surface area contributed by atoms with E-state index in [0.29, 0.717) is 75.6 Å². The van der Waals surface area contributed by atoms with E-state index in [1.165, 1.54) is 21.9 Å². The van der Waals surface area contributed by atoms with E-state index in [-0.39, 0.29) is 24.9 Å². The highest BCUT2D eigenvalue weighted by Gasteiger charge is 2.53. The highest BCUT2D eigenvalue weighted by Crippen LogP contribution is 2.43. The second-order valence-electron chi connectivity index (χ2n) is 17.3. The molecule has 0 aromatic heterocycles. The molecule has 6 amide bonds. The van der Waals surface area contributed by atoms with E-state index in [2.05, 4.69) is 10.6 Å². The van der Waals surface area contributed by atoms with Crippen molar-refractivity contribution in [2.24, 2.45) is 23.3 Å². The van der Waals surface area contributed by atoms with E-state index < -0.39 is 64.8 Å². The summed E-state index contributed by atoms with van der Waals surface area (Å²) in [6.45, 7) is 1.20. The largest absolute Gasteiger partial charge is 0.465 e. The molecule has 62 heavy (non-hydrogen) atoms. The van der Waals surface area contributed by atoms with Crippen molar-refractivity contribution in [2.45, 2.75) is 113 Å². The molecule has 15 nitrogen and oxygen atoms in total. The molecule has 16 heteroatoms. The summed E-state index contributed by atoms with van der Waals surface area (Å²) in [6, 6.07) is 18.6. The minimum absolute atomic E-state index is 0.173. The molecular formula is C46H56FN7O8. The number of halogens is 1. The van der Waals surface area contributed by atoms with E-state index in [1.54, 1.807) is 36.4 Å². The third kappa shape index (κ3) is 8.64. The van der Waals surface area contributed by atoms with Gasteiger partial charge in [-0.3, -0.25) is 19.2 Å². The number of likely N-dealkylation sites (tertiary alicyclic amines) is 2. The van der Waals surface area contributed by atoms with Crippen LogP contribution in [0.25, 0.3) is 0 Å². The van der Waals surface area contributed by atoms with Crippen LogP contribution in [0.2, 0.25) is 0 Å². The summed E-state index contributed by atoms with van der Waals surface area (Å²) in [6.07, 6.45) is 5.41. The Hall–Kier alpha value is -6.19. The van der Waals surface area contributed by atoms with Gasteiger partial charge in [0.2, 0.25) is 23.6 Å². The van der Waals surface area contributed by atoms with Crippen molar-refractivity contribution in [3.8, 4) is 0 Å². The number of primary amides is 2. The molecule has 3 aromatic carbocycles. The van der Waals surface area contributed by atoms with Crippen LogP contribution in [0.1, 0.15) is 99.3 Å². The van der Waals surface area contributed by atoms with E-state index in [9.17, 15) is 43.4 Å². The van der Waals surface area contributed by atoms with Gasteiger partial charge in [0.25, 0.3) is 0 Å². The fourth-order valence-electron chi connectivity index (χ4n) is 10.7. The van der Waals surface area contributed by atoms with E-state index in [4.69, 9.17) is 11.5 Å². The van der Waals surface area contributed by atoms with Gasteiger partial charge in [0, 0.05) is 31.9 Å². The number of hydrogen-bond acceptors (Lipinski definition) is 7. The lowest BCUT2D eigenvalue weighted by Gasteiger charge is -2.39. The standard InChI is InChI=1S/C46H56FN7O8/c47-35-19-21-36(22-20-35)52(27-29-11-15-33(16-12-29)45(41(48)57)23-5-25-53(45)39(55)37(50-43(59)60)31-7-1-2-8-31)28-30-13-17-34(18-14-30)46(42(49)58)24-6-26-54(46)40(56)38(51-44(61)62)32-9-3-4-10-32/h11-22,31-32,37-38,50-51H,1-10,23-28H2,(H2,48,57)(H2,49,58)(H,59,60)(H,61,62)/t37-,38-,45-,46-/m0/s1. The molecule has 2 heterocycles. The van der Waals surface area contributed by atoms with Crippen molar-refractivity contribution in [1.29, 1.82) is 0 Å². The predicted octanol–water partition coefficient (Wildman–Crippen LogP) is 5.29. The maximum atomic E-state index is 14.2. The molecule has 0 bridgehead atoms. The Morgan fingerprint density at radius 2 is 0.984 bits per heavy atom. The maximum Gasteiger partial charge on any atom is 0.405 e. The molecule has 0 spiro atoms. The molecule has 0 unspecified atom stereocenters. The van der Waals surface area contributed by atoms with Gasteiger partial charge < -0.3 is 47.0 Å².